The van der Waals surface area contributed by atoms with E-state index in [2.05, 4.69) is 17.1 Å². The summed E-state index contributed by atoms with van der Waals surface area (Å²) >= 11 is 0. The van der Waals surface area contributed by atoms with Crippen molar-refractivity contribution < 1.29 is 0 Å². The zero-order valence-corrected chi connectivity index (χ0v) is 12.7. The fraction of sp³-hybridized carbons (Fsp3) is 0.0526. The predicted octanol–water partition coefficient (Wildman–Crippen LogP) is 3.70. The van der Waals surface area contributed by atoms with Gasteiger partial charge < -0.3 is 5.73 Å². The molecule has 1 aromatic heterocycles. The molecular formula is C19H18N4. The third-order valence-electron chi connectivity index (χ3n) is 3.57. The Labute approximate surface area is 135 Å². The van der Waals surface area contributed by atoms with Crippen LogP contribution in [0.15, 0.2) is 79.0 Å². The highest BCUT2D eigenvalue weighted by atomic mass is 15.3. The van der Waals surface area contributed by atoms with Crippen LogP contribution in [-0.4, -0.2) is 10.9 Å². The van der Waals surface area contributed by atoms with Gasteiger partial charge in [-0.3, -0.25) is 10.3 Å². The third-order valence-corrected chi connectivity index (χ3v) is 3.57. The quantitative estimate of drug-likeness (QED) is 0.570. The standard InChI is InChI=1S/C19H18N4/c20-19(21)23(17-11-5-2-6-12-17)18-16(10-7-13-22-18)14-15-8-3-1-4-9-15/h1-13H,14H2,(H3,20,21). The van der Waals surface area contributed by atoms with Crippen molar-refractivity contribution in [2.45, 2.75) is 6.42 Å². The molecule has 0 aliphatic carbocycles. The number of benzene rings is 2. The lowest BCUT2D eigenvalue weighted by atomic mass is 10.1. The van der Waals surface area contributed by atoms with Gasteiger partial charge in [-0.05, 0) is 29.3 Å². The molecule has 2 aromatic carbocycles. The van der Waals surface area contributed by atoms with Crippen LogP contribution in [-0.2, 0) is 6.42 Å². The van der Waals surface area contributed by atoms with Crippen molar-refractivity contribution in [1.82, 2.24) is 4.98 Å². The van der Waals surface area contributed by atoms with E-state index in [0.29, 0.717) is 5.82 Å². The maximum absolute atomic E-state index is 7.97. The van der Waals surface area contributed by atoms with E-state index in [1.165, 1.54) is 5.56 Å². The Balaban J connectivity index is 2.03. The Kier molecular flexibility index (Phi) is 4.34. The molecule has 114 valence electrons. The van der Waals surface area contributed by atoms with Gasteiger partial charge in [-0.25, -0.2) is 4.98 Å². The smallest absolute Gasteiger partial charge is 0.198 e. The Morgan fingerprint density at radius 2 is 1.57 bits per heavy atom. The summed E-state index contributed by atoms with van der Waals surface area (Å²) in [6.07, 6.45) is 2.46. The molecule has 4 heteroatoms. The fourth-order valence-corrected chi connectivity index (χ4v) is 2.54. The van der Waals surface area contributed by atoms with E-state index >= 15 is 0 Å². The molecule has 0 unspecified atom stereocenters. The van der Waals surface area contributed by atoms with Crippen molar-refractivity contribution in [2.24, 2.45) is 5.73 Å². The number of anilines is 2. The van der Waals surface area contributed by atoms with Gasteiger partial charge in [0.1, 0.15) is 5.82 Å². The van der Waals surface area contributed by atoms with Crippen molar-refractivity contribution in [1.29, 1.82) is 5.41 Å². The minimum Gasteiger partial charge on any atom is -0.369 e. The molecule has 0 bridgehead atoms. The van der Waals surface area contributed by atoms with Crippen molar-refractivity contribution in [3.8, 4) is 0 Å². The van der Waals surface area contributed by atoms with Gasteiger partial charge in [-0.15, -0.1) is 0 Å². The zero-order chi connectivity index (χ0) is 16.1. The molecule has 0 aliphatic heterocycles. The molecular weight excluding hydrogens is 284 g/mol. The van der Waals surface area contributed by atoms with E-state index in [1.807, 2.05) is 60.7 Å². The van der Waals surface area contributed by atoms with Crippen molar-refractivity contribution in [3.05, 3.63) is 90.1 Å². The van der Waals surface area contributed by atoms with Crippen LogP contribution in [0.2, 0.25) is 0 Å². The van der Waals surface area contributed by atoms with Gasteiger partial charge >= 0.3 is 0 Å². The first-order valence-electron chi connectivity index (χ1n) is 7.43. The van der Waals surface area contributed by atoms with E-state index in [-0.39, 0.29) is 5.96 Å². The third kappa shape index (κ3) is 3.37. The first-order valence-corrected chi connectivity index (χ1v) is 7.43. The summed E-state index contributed by atoms with van der Waals surface area (Å²) in [6.45, 7) is 0. The highest BCUT2D eigenvalue weighted by Gasteiger charge is 2.17. The van der Waals surface area contributed by atoms with Gasteiger partial charge in [0.15, 0.2) is 5.96 Å². The average Bonchev–Trinajstić information content (AvgIpc) is 2.58. The maximum atomic E-state index is 7.97. The summed E-state index contributed by atoms with van der Waals surface area (Å²) in [7, 11) is 0. The second kappa shape index (κ2) is 6.75. The topological polar surface area (TPSA) is 66.0 Å². The highest BCUT2D eigenvalue weighted by molar-refractivity contribution is 5.99. The van der Waals surface area contributed by atoms with Crippen molar-refractivity contribution >= 4 is 17.5 Å². The number of hydrogen-bond acceptors (Lipinski definition) is 2. The number of nitrogens with one attached hydrogen (secondary N) is 1. The van der Waals surface area contributed by atoms with Gasteiger partial charge in [0.05, 0.1) is 5.69 Å². The second-order valence-corrected chi connectivity index (χ2v) is 5.20. The van der Waals surface area contributed by atoms with Crippen LogP contribution in [0.25, 0.3) is 0 Å². The molecule has 0 saturated carbocycles. The lowest BCUT2D eigenvalue weighted by Gasteiger charge is -2.24. The van der Waals surface area contributed by atoms with E-state index in [0.717, 1.165) is 17.7 Å². The Bertz CT molecular complexity index is 785. The van der Waals surface area contributed by atoms with E-state index in [4.69, 9.17) is 11.1 Å². The zero-order valence-electron chi connectivity index (χ0n) is 12.7. The first-order chi connectivity index (χ1) is 11.3. The fourth-order valence-electron chi connectivity index (χ4n) is 2.54. The lowest BCUT2D eigenvalue weighted by molar-refractivity contribution is 1.09. The van der Waals surface area contributed by atoms with Gasteiger partial charge in [0, 0.05) is 12.6 Å². The number of nitrogens with zero attached hydrogens (tertiary/aromatic N) is 2. The number of pyridine rings is 1. The summed E-state index contributed by atoms with van der Waals surface area (Å²) in [5.74, 6) is 0.638. The number of aromatic nitrogens is 1. The Morgan fingerprint density at radius 1 is 0.913 bits per heavy atom. The van der Waals surface area contributed by atoms with Crippen LogP contribution in [0.3, 0.4) is 0 Å². The molecule has 0 saturated heterocycles. The summed E-state index contributed by atoms with van der Waals surface area (Å²) in [5, 5.41) is 7.97. The number of rotatable bonds is 4. The first kappa shape index (κ1) is 14.8. The molecule has 0 radical (unpaired) electrons. The molecule has 4 nitrogen and oxygen atoms in total. The molecule has 0 spiro atoms. The van der Waals surface area contributed by atoms with Crippen LogP contribution in [0.4, 0.5) is 11.5 Å². The molecule has 3 rings (SSSR count). The molecule has 0 atom stereocenters. The second-order valence-electron chi connectivity index (χ2n) is 5.20. The lowest BCUT2D eigenvalue weighted by Crippen LogP contribution is -2.33. The predicted molar refractivity (Wildman–Crippen MR) is 94.0 cm³/mol. The molecule has 0 aliphatic rings. The molecule has 0 fully saturated rings. The van der Waals surface area contributed by atoms with Crippen LogP contribution < -0.4 is 10.6 Å². The Morgan fingerprint density at radius 3 is 2.22 bits per heavy atom. The van der Waals surface area contributed by atoms with E-state index in [1.54, 1.807) is 11.1 Å². The summed E-state index contributed by atoms with van der Waals surface area (Å²) in [4.78, 5) is 6.14. The number of para-hydroxylation sites is 1. The van der Waals surface area contributed by atoms with Gasteiger partial charge in [0.25, 0.3) is 0 Å². The minimum absolute atomic E-state index is 0.0517. The van der Waals surface area contributed by atoms with Gasteiger partial charge in [-0.2, -0.15) is 0 Å². The van der Waals surface area contributed by atoms with Crippen LogP contribution in [0.1, 0.15) is 11.1 Å². The van der Waals surface area contributed by atoms with E-state index in [9.17, 15) is 0 Å². The SMILES string of the molecule is N=C(N)N(c1ccccc1)c1ncccc1Cc1ccccc1. The molecule has 1 heterocycles. The number of hydrogen-bond donors (Lipinski definition) is 2. The van der Waals surface area contributed by atoms with Gasteiger partial charge in [-0.1, -0.05) is 54.6 Å². The van der Waals surface area contributed by atoms with Gasteiger partial charge in [0.2, 0.25) is 0 Å². The summed E-state index contributed by atoms with van der Waals surface area (Å²) in [5.41, 5.74) is 8.88. The number of guanidine groups is 1. The highest BCUT2D eigenvalue weighted by Crippen LogP contribution is 2.27. The summed E-state index contributed by atoms with van der Waals surface area (Å²) < 4.78 is 0. The molecule has 23 heavy (non-hydrogen) atoms. The largest absolute Gasteiger partial charge is 0.369 e. The van der Waals surface area contributed by atoms with Crippen molar-refractivity contribution in [2.75, 3.05) is 4.90 Å². The monoisotopic (exact) mass is 302 g/mol. The molecule has 0 amide bonds. The minimum atomic E-state index is -0.0517. The normalized spacial score (nSPS) is 10.3. The van der Waals surface area contributed by atoms with Crippen LogP contribution >= 0.6 is 0 Å². The van der Waals surface area contributed by atoms with E-state index < -0.39 is 0 Å². The Hall–Kier alpha value is -3.14. The number of nitrogens with two attached hydrogens (primary N) is 1. The average molecular weight is 302 g/mol. The summed E-state index contributed by atoms with van der Waals surface area (Å²) in [6, 6.07) is 23.7. The van der Waals surface area contributed by atoms with Crippen LogP contribution in [0, 0.1) is 5.41 Å². The maximum Gasteiger partial charge on any atom is 0.198 e. The molecule has 3 aromatic rings. The van der Waals surface area contributed by atoms with Crippen molar-refractivity contribution in [3.63, 3.8) is 0 Å². The van der Waals surface area contributed by atoms with Crippen LogP contribution in [0.5, 0.6) is 0 Å². The molecule has 3 N–H and O–H groups in total.